The zero-order valence-electron chi connectivity index (χ0n) is 14.8. The van der Waals surface area contributed by atoms with Gasteiger partial charge in [0.2, 0.25) is 11.8 Å². The molecule has 1 atom stereocenters. The van der Waals surface area contributed by atoms with E-state index < -0.39 is 5.25 Å². The van der Waals surface area contributed by atoms with Crippen LogP contribution in [0, 0.1) is 0 Å². The van der Waals surface area contributed by atoms with E-state index in [1.807, 2.05) is 0 Å². The number of amides is 2. The van der Waals surface area contributed by atoms with Gasteiger partial charge in [0.05, 0.1) is 5.69 Å². The molecule has 28 heavy (non-hydrogen) atoms. The lowest BCUT2D eigenvalue weighted by Gasteiger charge is -2.31. The van der Waals surface area contributed by atoms with E-state index in [0.29, 0.717) is 33.1 Å². The van der Waals surface area contributed by atoms with Crippen molar-refractivity contribution in [3.8, 4) is 0 Å². The average Bonchev–Trinajstić information content (AvgIpc) is 2.64. The molecule has 1 N–H and O–H groups in total. The fourth-order valence-corrected chi connectivity index (χ4v) is 4.08. The van der Waals surface area contributed by atoms with Gasteiger partial charge in [-0.05, 0) is 36.4 Å². The van der Waals surface area contributed by atoms with Crippen LogP contribution in [-0.2, 0) is 9.59 Å². The van der Waals surface area contributed by atoms with Gasteiger partial charge in [-0.25, -0.2) is 4.99 Å². The van der Waals surface area contributed by atoms with E-state index in [0.717, 1.165) is 0 Å². The Morgan fingerprint density at radius 3 is 2.64 bits per heavy atom. The van der Waals surface area contributed by atoms with Crippen molar-refractivity contribution in [1.29, 1.82) is 0 Å². The van der Waals surface area contributed by atoms with Crippen molar-refractivity contribution in [2.75, 3.05) is 11.9 Å². The highest BCUT2D eigenvalue weighted by Gasteiger charge is 2.35. The number of anilines is 1. The molecule has 1 aliphatic heterocycles. The number of hydrogen-bond acceptors (Lipinski definition) is 4. The van der Waals surface area contributed by atoms with Crippen LogP contribution in [0.25, 0.3) is 0 Å². The van der Waals surface area contributed by atoms with Crippen molar-refractivity contribution < 1.29 is 9.59 Å². The van der Waals surface area contributed by atoms with Crippen LogP contribution in [0.2, 0.25) is 10.0 Å². The number of benzene rings is 2. The summed E-state index contributed by atoms with van der Waals surface area (Å²) in [5.74, 6) is -0.469. The lowest BCUT2D eigenvalue weighted by Crippen LogP contribution is -2.45. The van der Waals surface area contributed by atoms with E-state index in [2.05, 4.69) is 16.9 Å². The third-order valence-corrected chi connectivity index (χ3v) is 5.53. The second kappa shape index (κ2) is 9.28. The number of thioether (sulfide) groups is 1. The summed E-state index contributed by atoms with van der Waals surface area (Å²) in [6, 6.07) is 13.9. The molecular weight excluding hydrogens is 417 g/mol. The number of hydrogen-bond donors (Lipinski definition) is 1. The van der Waals surface area contributed by atoms with E-state index in [-0.39, 0.29) is 18.2 Å². The Morgan fingerprint density at radius 1 is 1.25 bits per heavy atom. The number of nitrogens with one attached hydrogen (secondary N) is 1. The molecule has 0 aliphatic carbocycles. The molecule has 1 unspecified atom stereocenters. The van der Waals surface area contributed by atoms with Gasteiger partial charge in [-0.2, -0.15) is 0 Å². The van der Waals surface area contributed by atoms with Crippen molar-refractivity contribution in [2.24, 2.45) is 4.99 Å². The van der Waals surface area contributed by atoms with Crippen LogP contribution in [0.5, 0.6) is 0 Å². The first-order valence-electron chi connectivity index (χ1n) is 8.45. The van der Waals surface area contributed by atoms with E-state index in [9.17, 15) is 9.59 Å². The van der Waals surface area contributed by atoms with Crippen LogP contribution >= 0.6 is 35.0 Å². The standard InChI is InChI=1S/C20H17Cl2N3O2S/c1-2-9-25-18(26)12-17(19(27)23-15-7-3-5-13(21)10-15)28-20(25)24-16-8-4-6-14(22)11-16/h2-8,10-11,17H,1,9,12H2,(H,23,27). The number of halogens is 2. The van der Waals surface area contributed by atoms with Crippen LogP contribution in [-0.4, -0.2) is 33.7 Å². The van der Waals surface area contributed by atoms with Gasteiger partial charge in [-0.3, -0.25) is 14.5 Å². The molecule has 2 aromatic rings. The third-order valence-electron chi connectivity index (χ3n) is 3.87. The highest BCUT2D eigenvalue weighted by Crippen LogP contribution is 2.30. The Balaban J connectivity index is 1.84. The lowest BCUT2D eigenvalue weighted by atomic mass is 10.2. The van der Waals surface area contributed by atoms with Gasteiger partial charge >= 0.3 is 0 Å². The molecule has 2 amide bonds. The van der Waals surface area contributed by atoms with Gasteiger partial charge in [0.15, 0.2) is 5.17 Å². The maximum absolute atomic E-state index is 12.7. The maximum atomic E-state index is 12.7. The SMILES string of the molecule is C=CCN1C(=O)CC(C(=O)Nc2cccc(Cl)c2)SC1=Nc1cccc(Cl)c1. The summed E-state index contributed by atoms with van der Waals surface area (Å²) >= 11 is 13.2. The average molecular weight is 434 g/mol. The molecule has 8 heteroatoms. The minimum atomic E-state index is -0.606. The fraction of sp³-hybridized carbons (Fsp3) is 0.150. The summed E-state index contributed by atoms with van der Waals surface area (Å²) < 4.78 is 0. The molecule has 144 valence electrons. The zero-order chi connectivity index (χ0) is 20.1. The van der Waals surface area contributed by atoms with Crippen molar-refractivity contribution in [3.05, 3.63) is 71.2 Å². The molecular formula is C20H17Cl2N3O2S. The highest BCUT2D eigenvalue weighted by atomic mass is 35.5. The molecule has 0 bridgehead atoms. The Bertz CT molecular complexity index is 949. The predicted octanol–water partition coefficient (Wildman–Crippen LogP) is 5.14. The number of amidine groups is 1. The first kappa shape index (κ1) is 20.5. The number of aliphatic imine (C=N–C) groups is 1. The van der Waals surface area contributed by atoms with Crippen LogP contribution in [0.1, 0.15) is 6.42 Å². The molecule has 0 radical (unpaired) electrons. The second-order valence-electron chi connectivity index (χ2n) is 5.98. The first-order chi connectivity index (χ1) is 13.5. The van der Waals surface area contributed by atoms with Crippen molar-refractivity contribution in [1.82, 2.24) is 4.90 Å². The molecule has 0 spiro atoms. The molecule has 0 aromatic heterocycles. The van der Waals surface area contributed by atoms with E-state index in [4.69, 9.17) is 23.2 Å². The Labute approximate surface area is 177 Å². The molecule has 1 aliphatic rings. The fourth-order valence-electron chi connectivity index (χ4n) is 2.60. The van der Waals surface area contributed by atoms with Gasteiger partial charge in [0.25, 0.3) is 0 Å². The summed E-state index contributed by atoms with van der Waals surface area (Å²) in [5, 5.41) is 3.69. The summed E-state index contributed by atoms with van der Waals surface area (Å²) in [7, 11) is 0. The van der Waals surface area contributed by atoms with Crippen LogP contribution in [0.4, 0.5) is 11.4 Å². The molecule has 3 rings (SSSR count). The van der Waals surface area contributed by atoms with Gasteiger partial charge in [-0.1, -0.05) is 53.2 Å². The van der Waals surface area contributed by atoms with Crippen LogP contribution < -0.4 is 5.32 Å². The van der Waals surface area contributed by atoms with Gasteiger partial charge < -0.3 is 5.32 Å². The molecule has 1 heterocycles. The normalized spacial score (nSPS) is 18.2. The molecule has 5 nitrogen and oxygen atoms in total. The minimum absolute atomic E-state index is 0.0689. The van der Waals surface area contributed by atoms with Crippen molar-refractivity contribution >= 4 is 63.3 Å². The smallest absolute Gasteiger partial charge is 0.238 e. The largest absolute Gasteiger partial charge is 0.325 e. The van der Waals surface area contributed by atoms with Gasteiger partial charge in [0.1, 0.15) is 5.25 Å². The third kappa shape index (κ3) is 5.16. The number of carbonyl (C=O) groups is 2. The minimum Gasteiger partial charge on any atom is -0.325 e. The number of carbonyl (C=O) groups excluding carboxylic acids is 2. The molecule has 1 saturated heterocycles. The van der Waals surface area contributed by atoms with Gasteiger partial charge in [0, 0.05) is 28.7 Å². The Kier molecular flexibility index (Phi) is 6.78. The number of nitrogens with zero attached hydrogens (tertiary/aromatic N) is 2. The van der Waals surface area contributed by atoms with Crippen LogP contribution in [0.15, 0.2) is 66.2 Å². The zero-order valence-corrected chi connectivity index (χ0v) is 17.1. The summed E-state index contributed by atoms with van der Waals surface area (Å²) in [6.45, 7) is 4.01. The van der Waals surface area contributed by atoms with Crippen molar-refractivity contribution in [2.45, 2.75) is 11.7 Å². The predicted molar refractivity (Wildman–Crippen MR) is 117 cm³/mol. The number of rotatable bonds is 5. The van der Waals surface area contributed by atoms with Crippen LogP contribution in [0.3, 0.4) is 0 Å². The van der Waals surface area contributed by atoms with Gasteiger partial charge in [-0.15, -0.1) is 6.58 Å². The van der Waals surface area contributed by atoms with E-state index in [1.165, 1.54) is 16.7 Å². The van der Waals surface area contributed by atoms with E-state index in [1.54, 1.807) is 54.6 Å². The topological polar surface area (TPSA) is 61.8 Å². The summed E-state index contributed by atoms with van der Waals surface area (Å²) in [4.78, 5) is 31.4. The van der Waals surface area contributed by atoms with Crippen molar-refractivity contribution in [3.63, 3.8) is 0 Å². The Hall–Kier alpha value is -2.28. The first-order valence-corrected chi connectivity index (χ1v) is 10.1. The summed E-state index contributed by atoms with van der Waals surface area (Å²) in [6.07, 6.45) is 1.69. The van der Waals surface area contributed by atoms with E-state index >= 15 is 0 Å². The quantitative estimate of drug-likeness (QED) is 0.663. The second-order valence-corrected chi connectivity index (χ2v) is 8.02. The molecule has 1 fully saturated rings. The Morgan fingerprint density at radius 2 is 1.96 bits per heavy atom. The highest BCUT2D eigenvalue weighted by molar-refractivity contribution is 8.15. The summed E-state index contributed by atoms with van der Waals surface area (Å²) in [5.41, 5.74) is 1.18. The molecule has 0 saturated carbocycles. The lowest BCUT2D eigenvalue weighted by molar-refractivity contribution is -0.129. The monoisotopic (exact) mass is 433 g/mol. The molecule has 2 aromatic carbocycles. The maximum Gasteiger partial charge on any atom is 0.238 e.